The molecule has 1 aliphatic carbocycles. The Hall–Kier alpha value is -0.0800. The van der Waals surface area contributed by atoms with Crippen LogP contribution in [0.2, 0.25) is 0 Å². The molecule has 1 fully saturated rings. The first kappa shape index (κ1) is 8.02. The van der Waals surface area contributed by atoms with Gasteiger partial charge in [0.05, 0.1) is 0 Å². The fourth-order valence-corrected chi connectivity index (χ4v) is 1.87. The second-order valence-corrected chi connectivity index (χ2v) is 3.92. The Labute approximate surface area is 63.2 Å². The average Bonchev–Trinajstić information content (AvgIpc) is 1.89. The van der Waals surface area contributed by atoms with Gasteiger partial charge in [0.25, 0.3) is 0 Å². The third-order valence-electron chi connectivity index (χ3n) is 3.30. The molecule has 1 atom stereocenters. The smallest absolute Gasteiger partial charge is 0.0353 e. The van der Waals surface area contributed by atoms with Gasteiger partial charge in [-0.3, -0.25) is 0 Å². The number of hydrogen-bond acceptors (Lipinski definition) is 2. The molecule has 1 rings (SSSR count). The van der Waals surface area contributed by atoms with Crippen molar-refractivity contribution in [2.75, 3.05) is 13.6 Å². The summed E-state index contributed by atoms with van der Waals surface area (Å²) in [5, 5.41) is 3.33. The minimum absolute atomic E-state index is 0.229. The lowest BCUT2D eigenvalue weighted by atomic mass is 9.56. The van der Waals surface area contributed by atoms with Crippen molar-refractivity contribution < 1.29 is 0 Å². The first-order valence-electron chi connectivity index (χ1n) is 3.97. The van der Waals surface area contributed by atoms with Gasteiger partial charge in [-0.15, -0.1) is 0 Å². The highest BCUT2D eigenvalue weighted by atomic mass is 15.0. The molecule has 2 heteroatoms. The van der Waals surface area contributed by atoms with Gasteiger partial charge in [-0.25, -0.2) is 0 Å². The number of rotatable bonds is 2. The summed E-state index contributed by atoms with van der Waals surface area (Å²) < 4.78 is 0. The van der Waals surface area contributed by atoms with Gasteiger partial charge < -0.3 is 11.1 Å². The van der Waals surface area contributed by atoms with Gasteiger partial charge in [0.15, 0.2) is 0 Å². The van der Waals surface area contributed by atoms with E-state index in [0.29, 0.717) is 5.41 Å². The minimum atomic E-state index is 0.229. The highest BCUT2D eigenvalue weighted by Gasteiger charge is 2.50. The molecule has 0 aromatic rings. The van der Waals surface area contributed by atoms with Crippen molar-refractivity contribution in [3.05, 3.63) is 0 Å². The van der Waals surface area contributed by atoms with Gasteiger partial charge in [0.2, 0.25) is 0 Å². The van der Waals surface area contributed by atoms with Crippen molar-refractivity contribution in [1.82, 2.24) is 5.32 Å². The molecule has 3 N–H and O–H groups in total. The molecule has 0 amide bonds. The van der Waals surface area contributed by atoms with Gasteiger partial charge in [-0.2, -0.15) is 0 Å². The summed E-state index contributed by atoms with van der Waals surface area (Å²) in [7, 11) is 2.01. The van der Waals surface area contributed by atoms with Crippen LogP contribution in [0.15, 0.2) is 0 Å². The van der Waals surface area contributed by atoms with Crippen molar-refractivity contribution in [1.29, 1.82) is 0 Å². The summed E-state index contributed by atoms with van der Waals surface area (Å²) in [4.78, 5) is 0. The van der Waals surface area contributed by atoms with Crippen LogP contribution in [0.3, 0.4) is 0 Å². The molecule has 60 valence electrons. The van der Waals surface area contributed by atoms with Crippen molar-refractivity contribution in [2.24, 2.45) is 11.1 Å². The Morgan fingerprint density at radius 2 is 2.00 bits per heavy atom. The lowest BCUT2D eigenvalue weighted by Gasteiger charge is -2.56. The molecule has 10 heavy (non-hydrogen) atoms. The van der Waals surface area contributed by atoms with E-state index >= 15 is 0 Å². The van der Waals surface area contributed by atoms with Crippen LogP contribution >= 0.6 is 0 Å². The molecular formula is C8H18N2. The average molecular weight is 142 g/mol. The predicted molar refractivity (Wildman–Crippen MR) is 43.9 cm³/mol. The zero-order chi connectivity index (χ0) is 7.83. The van der Waals surface area contributed by atoms with Crippen LogP contribution in [0.4, 0.5) is 0 Å². The normalized spacial score (nSPS) is 37.2. The lowest BCUT2D eigenvalue weighted by molar-refractivity contribution is 0.0138. The molecule has 0 heterocycles. The zero-order valence-electron chi connectivity index (χ0n) is 7.20. The first-order valence-corrected chi connectivity index (χ1v) is 3.97. The van der Waals surface area contributed by atoms with E-state index in [2.05, 4.69) is 19.2 Å². The van der Waals surface area contributed by atoms with E-state index in [0.717, 1.165) is 6.54 Å². The largest absolute Gasteiger partial charge is 0.329 e. The van der Waals surface area contributed by atoms with E-state index in [4.69, 9.17) is 5.73 Å². The lowest BCUT2D eigenvalue weighted by Crippen LogP contribution is -2.66. The Morgan fingerprint density at radius 3 is 2.00 bits per heavy atom. The van der Waals surface area contributed by atoms with E-state index in [9.17, 15) is 0 Å². The summed E-state index contributed by atoms with van der Waals surface area (Å²) in [5.41, 5.74) is 6.32. The second kappa shape index (κ2) is 2.21. The Morgan fingerprint density at radius 1 is 1.40 bits per heavy atom. The standard InChI is InChI=1S/C8H18N2/c1-7(2)4-5-8(7,6-9)10-3/h10H,4-6,9H2,1-3H3. The highest BCUT2D eigenvalue weighted by Crippen LogP contribution is 2.48. The minimum Gasteiger partial charge on any atom is -0.329 e. The molecule has 1 unspecified atom stereocenters. The summed E-state index contributed by atoms with van der Waals surface area (Å²) >= 11 is 0. The molecule has 0 saturated heterocycles. The summed E-state index contributed by atoms with van der Waals surface area (Å²) in [6.07, 6.45) is 2.53. The fourth-order valence-electron chi connectivity index (χ4n) is 1.87. The Bertz CT molecular complexity index is 120. The molecule has 2 nitrogen and oxygen atoms in total. The number of nitrogens with two attached hydrogens (primary N) is 1. The molecular weight excluding hydrogens is 124 g/mol. The maximum absolute atomic E-state index is 5.69. The fraction of sp³-hybridized carbons (Fsp3) is 1.00. The molecule has 0 aromatic heterocycles. The van der Waals surface area contributed by atoms with Crippen LogP contribution in [0, 0.1) is 5.41 Å². The Balaban J connectivity index is 2.67. The number of nitrogens with one attached hydrogen (secondary N) is 1. The van der Waals surface area contributed by atoms with Gasteiger partial charge in [-0.1, -0.05) is 13.8 Å². The van der Waals surface area contributed by atoms with Crippen LogP contribution in [0.5, 0.6) is 0 Å². The SMILES string of the molecule is CNC1(CN)CCC1(C)C. The molecule has 1 aliphatic rings. The second-order valence-electron chi connectivity index (χ2n) is 3.92. The molecule has 0 spiro atoms. The van der Waals surface area contributed by atoms with Gasteiger partial charge in [0.1, 0.15) is 0 Å². The molecule has 0 aliphatic heterocycles. The van der Waals surface area contributed by atoms with E-state index in [1.54, 1.807) is 0 Å². The van der Waals surface area contributed by atoms with E-state index in [1.165, 1.54) is 12.8 Å². The van der Waals surface area contributed by atoms with Crippen molar-refractivity contribution in [3.8, 4) is 0 Å². The van der Waals surface area contributed by atoms with E-state index in [-0.39, 0.29) is 5.54 Å². The van der Waals surface area contributed by atoms with Gasteiger partial charge in [-0.05, 0) is 25.3 Å². The summed E-state index contributed by atoms with van der Waals surface area (Å²) in [6.45, 7) is 5.32. The van der Waals surface area contributed by atoms with Crippen LogP contribution in [-0.2, 0) is 0 Å². The Kier molecular flexibility index (Phi) is 1.77. The van der Waals surface area contributed by atoms with Gasteiger partial charge in [0, 0.05) is 12.1 Å². The van der Waals surface area contributed by atoms with Gasteiger partial charge >= 0.3 is 0 Å². The predicted octanol–water partition coefficient (Wildman–Crippen LogP) is 0.723. The van der Waals surface area contributed by atoms with Crippen molar-refractivity contribution in [3.63, 3.8) is 0 Å². The molecule has 1 saturated carbocycles. The molecule has 0 bridgehead atoms. The summed E-state index contributed by atoms with van der Waals surface area (Å²) in [6, 6.07) is 0. The number of likely N-dealkylation sites (N-methyl/N-ethyl adjacent to an activating group) is 1. The van der Waals surface area contributed by atoms with Crippen LogP contribution in [0.25, 0.3) is 0 Å². The summed E-state index contributed by atoms with van der Waals surface area (Å²) in [5.74, 6) is 0. The first-order chi connectivity index (χ1) is 4.58. The van der Waals surface area contributed by atoms with Crippen molar-refractivity contribution >= 4 is 0 Å². The maximum atomic E-state index is 5.69. The topological polar surface area (TPSA) is 38.0 Å². The van der Waals surface area contributed by atoms with Crippen molar-refractivity contribution in [2.45, 2.75) is 32.2 Å². The number of hydrogen-bond donors (Lipinski definition) is 2. The van der Waals surface area contributed by atoms with Crippen LogP contribution in [0.1, 0.15) is 26.7 Å². The quantitative estimate of drug-likeness (QED) is 0.596. The highest BCUT2D eigenvalue weighted by molar-refractivity contribution is 5.08. The molecule has 0 aromatic carbocycles. The van der Waals surface area contributed by atoms with E-state index < -0.39 is 0 Å². The van der Waals surface area contributed by atoms with E-state index in [1.807, 2.05) is 7.05 Å². The third kappa shape index (κ3) is 0.789. The third-order valence-corrected chi connectivity index (χ3v) is 3.30. The molecule has 0 radical (unpaired) electrons. The zero-order valence-corrected chi connectivity index (χ0v) is 7.20. The van der Waals surface area contributed by atoms with Crippen LogP contribution in [-0.4, -0.2) is 19.1 Å². The maximum Gasteiger partial charge on any atom is 0.0353 e. The van der Waals surface area contributed by atoms with Crippen LogP contribution < -0.4 is 11.1 Å². The monoisotopic (exact) mass is 142 g/mol.